The Bertz CT molecular complexity index is 1230. The molecule has 0 aliphatic carbocycles. The average molecular weight is 440 g/mol. The molecule has 31 heavy (non-hydrogen) atoms. The van der Waals surface area contributed by atoms with E-state index in [0.717, 1.165) is 4.90 Å². The lowest BCUT2D eigenvalue weighted by molar-refractivity contribution is 0.262. The van der Waals surface area contributed by atoms with Crippen LogP contribution in [0.5, 0.6) is 5.75 Å². The summed E-state index contributed by atoms with van der Waals surface area (Å²) < 4.78 is 33.2. The standard InChI is InChI=1S/C22H18F2N4O2S/c1-31-20-8-3-2-7-19(20)25-22(29)26-21-14-11-13(9-10-18(14)27-28-21)30-12-15-16(23)5-4-6-17(15)24/h2-11H,12H2,1H3,(H3,25,26,27,28,29). The Hall–Kier alpha value is -3.59. The Morgan fingerprint density at radius 3 is 2.61 bits per heavy atom. The molecule has 9 heteroatoms. The van der Waals surface area contributed by atoms with Crippen LogP contribution in [0.1, 0.15) is 5.56 Å². The number of aromatic nitrogens is 2. The summed E-state index contributed by atoms with van der Waals surface area (Å²) in [6, 6.07) is 15.7. The number of para-hydroxylation sites is 1. The molecule has 1 heterocycles. The van der Waals surface area contributed by atoms with Crippen LogP contribution in [0.3, 0.4) is 0 Å². The molecule has 0 spiro atoms. The van der Waals surface area contributed by atoms with Gasteiger partial charge in [-0.15, -0.1) is 11.8 Å². The van der Waals surface area contributed by atoms with Crippen molar-refractivity contribution in [3.05, 3.63) is 77.9 Å². The zero-order valence-corrected chi connectivity index (χ0v) is 17.2. The van der Waals surface area contributed by atoms with E-state index in [1.807, 2.05) is 30.5 Å². The predicted molar refractivity (Wildman–Crippen MR) is 118 cm³/mol. The molecule has 0 bridgehead atoms. The fraction of sp³-hybridized carbons (Fsp3) is 0.0909. The number of aromatic amines is 1. The molecule has 1 aromatic heterocycles. The number of carbonyl (C=O) groups is 1. The van der Waals surface area contributed by atoms with Crippen LogP contribution in [0, 0.1) is 11.6 Å². The summed E-state index contributed by atoms with van der Waals surface area (Å²) in [5, 5.41) is 13.1. The van der Waals surface area contributed by atoms with E-state index in [-0.39, 0.29) is 12.2 Å². The number of carbonyl (C=O) groups excluding carboxylic acids is 1. The summed E-state index contributed by atoms with van der Waals surface area (Å²) in [6.07, 6.45) is 1.92. The molecule has 0 radical (unpaired) electrons. The SMILES string of the molecule is CSc1ccccc1NC(=O)Nc1n[nH]c2ccc(OCc3c(F)cccc3F)cc12. The van der Waals surface area contributed by atoms with E-state index in [4.69, 9.17) is 4.74 Å². The number of nitrogens with zero attached hydrogens (tertiary/aromatic N) is 1. The maximum absolute atomic E-state index is 13.8. The third kappa shape index (κ3) is 4.61. The number of hydrogen-bond donors (Lipinski definition) is 3. The Morgan fingerprint density at radius 2 is 1.84 bits per heavy atom. The fourth-order valence-corrected chi connectivity index (χ4v) is 3.57. The number of thioether (sulfide) groups is 1. The molecular weight excluding hydrogens is 422 g/mol. The molecule has 3 N–H and O–H groups in total. The summed E-state index contributed by atoms with van der Waals surface area (Å²) in [7, 11) is 0. The van der Waals surface area contributed by atoms with Gasteiger partial charge in [-0.3, -0.25) is 10.4 Å². The summed E-state index contributed by atoms with van der Waals surface area (Å²) in [5.74, 6) is -0.660. The van der Waals surface area contributed by atoms with Gasteiger partial charge >= 0.3 is 6.03 Å². The van der Waals surface area contributed by atoms with Crippen LogP contribution < -0.4 is 15.4 Å². The molecule has 3 aromatic carbocycles. The van der Waals surface area contributed by atoms with Crippen LogP contribution in [0.25, 0.3) is 10.9 Å². The third-order valence-electron chi connectivity index (χ3n) is 4.57. The monoisotopic (exact) mass is 440 g/mol. The first-order valence-electron chi connectivity index (χ1n) is 9.30. The minimum absolute atomic E-state index is 0.153. The molecule has 0 unspecified atom stereocenters. The number of anilines is 2. The van der Waals surface area contributed by atoms with Crippen molar-refractivity contribution in [1.82, 2.24) is 10.2 Å². The zero-order chi connectivity index (χ0) is 21.8. The first-order valence-corrected chi connectivity index (χ1v) is 10.5. The number of amides is 2. The summed E-state index contributed by atoms with van der Waals surface area (Å²) in [6.45, 7) is -0.267. The molecule has 4 rings (SSSR count). The second kappa shape index (κ2) is 9.05. The minimum Gasteiger partial charge on any atom is -0.489 e. The maximum atomic E-state index is 13.8. The van der Waals surface area contributed by atoms with E-state index in [1.54, 1.807) is 18.2 Å². The topological polar surface area (TPSA) is 79.0 Å². The Kier molecular flexibility index (Phi) is 6.03. The lowest BCUT2D eigenvalue weighted by atomic mass is 10.2. The Balaban J connectivity index is 1.50. The number of rotatable bonds is 6. The number of halogens is 2. The predicted octanol–water partition coefficient (Wildman–Crippen LogP) is 5.79. The Labute approximate surface area is 181 Å². The highest BCUT2D eigenvalue weighted by atomic mass is 32.2. The zero-order valence-electron chi connectivity index (χ0n) is 16.4. The van der Waals surface area contributed by atoms with Gasteiger partial charge in [-0.2, -0.15) is 5.10 Å². The lowest BCUT2D eigenvalue weighted by Crippen LogP contribution is -2.20. The number of benzene rings is 3. The highest BCUT2D eigenvalue weighted by Crippen LogP contribution is 2.28. The van der Waals surface area contributed by atoms with E-state index >= 15 is 0 Å². The van der Waals surface area contributed by atoms with Gasteiger partial charge in [0, 0.05) is 10.3 Å². The van der Waals surface area contributed by atoms with E-state index in [9.17, 15) is 13.6 Å². The minimum atomic E-state index is -0.672. The molecule has 2 amide bonds. The molecule has 4 aromatic rings. The van der Waals surface area contributed by atoms with Gasteiger partial charge in [0.1, 0.15) is 24.0 Å². The van der Waals surface area contributed by atoms with Crippen LogP contribution in [0.2, 0.25) is 0 Å². The summed E-state index contributed by atoms with van der Waals surface area (Å²) >= 11 is 1.52. The summed E-state index contributed by atoms with van der Waals surface area (Å²) in [4.78, 5) is 13.4. The molecule has 0 saturated carbocycles. The molecule has 158 valence electrons. The number of fused-ring (bicyclic) bond motifs is 1. The molecule has 0 atom stereocenters. The molecule has 0 aliphatic heterocycles. The second-order valence-corrected chi connectivity index (χ2v) is 7.40. The van der Waals surface area contributed by atoms with Crippen molar-refractivity contribution in [1.29, 1.82) is 0 Å². The number of nitrogens with one attached hydrogen (secondary N) is 3. The van der Waals surface area contributed by atoms with Crippen LogP contribution in [0.4, 0.5) is 25.1 Å². The van der Waals surface area contributed by atoms with Gasteiger partial charge in [0.2, 0.25) is 0 Å². The van der Waals surface area contributed by atoms with Gasteiger partial charge in [-0.1, -0.05) is 18.2 Å². The largest absolute Gasteiger partial charge is 0.489 e. The van der Waals surface area contributed by atoms with Crippen molar-refractivity contribution in [2.75, 3.05) is 16.9 Å². The van der Waals surface area contributed by atoms with Crippen molar-refractivity contribution in [3.8, 4) is 5.75 Å². The van der Waals surface area contributed by atoms with Crippen LogP contribution in [-0.2, 0) is 6.61 Å². The van der Waals surface area contributed by atoms with Crippen molar-refractivity contribution >= 4 is 40.2 Å². The van der Waals surface area contributed by atoms with Crippen molar-refractivity contribution < 1.29 is 18.3 Å². The van der Waals surface area contributed by atoms with Crippen molar-refractivity contribution in [3.63, 3.8) is 0 Å². The molecule has 0 saturated heterocycles. The fourth-order valence-electron chi connectivity index (χ4n) is 3.01. The first kappa shape index (κ1) is 20.7. The molecular formula is C22H18F2N4O2S. The first-order chi connectivity index (χ1) is 15.0. The van der Waals surface area contributed by atoms with E-state index in [0.29, 0.717) is 28.2 Å². The van der Waals surface area contributed by atoms with Gasteiger partial charge in [-0.25, -0.2) is 13.6 Å². The highest BCUT2D eigenvalue weighted by Gasteiger charge is 2.13. The van der Waals surface area contributed by atoms with Gasteiger partial charge in [-0.05, 0) is 48.7 Å². The van der Waals surface area contributed by atoms with E-state index in [1.165, 1.54) is 30.0 Å². The van der Waals surface area contributed by atoms with Crippen LogP contribution >= 0.6 is 11.8 Å². The molecule has 0 aliphatic rings. The highest BCUT2D eigenvalue weighted by molar-refractivity contribution is 7.98. The van der Waals surface area contributed by atoms with E-state index in [2.05, 4.69) is 20.8 Å². The van der Waals surface area contributed by atoms with E-state index < -0.39 is 17.7 Å². The normalized spacial score (nSPS) is 10.8. The van der Waals surface area contributed by atoms with Gasteiger partial charge in [0.15, 0.2) is 5.82 Å². The number of urea groups is 1. The van der Waals surface area contributed by atoms with Crippen LogP contribution in [0.15, 0.2) is 65.6 Å². The van der Waals surface area contributed by atoms with Crippen molar-refractivity contribution in [2.45, 2.75) is 11.5 Å². The number of H-pyrrole nitrogens is 1. The molecule has 6 nitrogen and oxygen atoms in total. The second-order valence-electron chi connectivity index (χ2n) is 6.55. The summed E-state index contributed by atoms with van der Waals surface area (Å²) in [5.41, 5.74) is 1.20. The number of hydrogen-bond acceptors (Lipinski definition) is 4. The van der Waals surface area contributed by atoms with Gasteiger partial charge < -0.3 is 10.1 Å². The van der Waals surface area contributed by atoms with Crippen molar-refractivity contribution in [2.24, 2.45) is 0 Å². The third-order valence-corrected chi connectivity index (χ3v) is 5.36. The average Bonchev–Trinajstić information content (AvgIpc) is 3.15. The molecule has 0 fully saturated rings. The van der Waals surface area contributed by atoms with Gasteiger partial charge in [0.25, 0.3) is 0 Å². The quantitative estimate of drug-likeness (QED) is 0.332. The smallest absolute Gasteiger partial charge is 0.324 e. The van der Waals surface area contributed by atoms with Crippen LogP contribution in [-0.4, -0.2) is 22.5 Å². The van der Waals surface area contributed by atoms with Gasteiger partial charge in [0.05, 0.1) is 16.8 Å². The maximum Gasteiger partial charge on any atom is 0.324 e. The number of ether oxygens (including phenoxy) is 1. The lowest BCUT2D eigenvalue weighted by Gasteiger charge is -2.10. The Morgan fingerprint density at radius 1 is 1.06 bits per heavy atom.